The Morgan fingerprint density at radius 2 is 0.848 bits per heavy atom. The number of anilines is 8. The Labute approximate surface area is 271 Å². The summed E-state index contributed by atoms with van der Waals surface area (Å²) in [4.78, 5) is 23.5. The van der Waals surface area contributed by atoms with E-state index in [1.165, 1.54) is 72.8 Å². The molecule has 5 aromatic rings. The molecule has 0 bridgehead atoms. The van der Waals surface area contributed by atoms with Gasteiger partial charge in [-0.25, -0.2) is 10.0 Å². The van der Waals surface area contributed by atoms with Crippen LogP contribution in [0.5, 0.6) is 0 Å². The van der Waals surface area contributed by atoms with Gasteiger partial charge in [0.15, 0.2) is 0 Å². The largest absolute Gasteiger partial charge is 0.378 e. The van der Waals surface area contributed by atoms with Gasteiger partial charge >= 0.3 is 20.6 Å². The summed E-state index contributed by atoms with van der Waals surface area (Å²) in [5.41, 5.74) is 10.8. The molecule has 46 heavy (non-hydrogen) atoms. The third kappa shape index (κ3) is 6.91. The highest BCUT2D eigenvalue weighted by atomic mass is 35.5. The van der Waals surface area contributed by atoms with E-state index in [2.05, 4.69) is 29.9 Å². The molecular weight excluding hydrogens is 687 g/mol. The number of halogens is 2. The summed E-state index contributed by atoms with van der Waals surface area (Å²) in [6.45, 7) is 0. The lowest BCUT2D eigenvalue weighted by Gasteiger charge is -2.38. The zero-order valence-corrected chi connectivity index (χ0v) is 26.0. The van der Waals surface area contributed by atoms with Crippen LogP contribution in [0.1, 0.15) is 0 Å². The van der Waals surface area contributed by atoms with E-state index in [0.717, 1.165) is 10.0 Å². The first-order valence-electron chi connectivity index (χ1n) is 12.4. The van der Waals surface area contributed by atoms with Gasteiger partial charge in [-0.05, 0) is 59.6 Å². The fourth-order valence-corrected chi connectivity index (χ4v) is 5.94. The lowest BCUT2D eigenvalue weighted by atomic mass is 10.2. The molecule has 2 heterocycles. The minimum Gasteiger partial charge on any atom is -0.368 e. The second-order valence-corrected chi connectivity index (χ2v) is 11.9. The lowest BCUT2D eigenvalue weighted by Crippen LogP contribution is -2.48. The van der Waals surface area contributed by atoms with Gasteiger partial charge in [0.1, 0.15) is 0 Å². The minimum atomic E-state index is -5.27. The number of benzene rings is 3. The molecule has 22 heteroatoms. The quantitative estimate of drug-likeness (QED) is 0.120. The summed E-state index contributed by atoms with van der Waals surface area (Å²) in [5.74, 6) is -2.01. The zero-order chi connectivity index (χ0) is 33.2. The third-order valence-corrected chi connectivity index (χ3v) is 7.66. The van der Waals surface area contributed by atoms with Crippen LogP contribution >= 0.6 is 23.2 Å². The van der Waals surface area contributed by atoms with Crippen molar-refractivity contribution in [3.05, 3.63) is 95.5 Å². The first-order valence-corrected chi connectivity index (χ1v) is 16.0. The number of nitrogens with two attached hydrogens (primary N) is 2. The number of nitrogens with zero attached hydrogens (tertiary/aromatic N) is 10. The van der Waals surface area contributed by atoms with Gasteiger partial charge in [0.25, 0.3) is 11.9 Å². The van der Waals surface area contributed by atoms with Gasteiger partial charge < -0.3 is 11.5 Å². The number of hydrogen-bond donors (Lipinski definition) is 4. The number of para-hydroxylation sites is 4. The fourth-order valence-electron chi connectivity index (χ4n) is 4.11. The van der Waals surface area contributed by atoms with Crippen molar-refractivity contribution in [3.63, 3.8) is 0 Å². The van der Waals surface area contributed by atoms with Crippen LogP contribution in [0.15, 0.2) is 84.9 Å². The monoisotopic (exact) mass is 706 g/mol. The Morgan fingerprint density at radius 3 is 1.15 bits per heavy atom. The molecule has 0 aliphatic heterocycles. The van der Waals surface area contributed by atoms with Crippen LogP contribution in [-0.2, 0) is 20.6 Å². The van der Waals surface area contributed by atoms with E-state index >= 15 is 0 Å². The average molecular weight is 708 g/mol. The molecule has 18 nitrogen and oxygen atoms in total. The lowest BCUT2D eigenvalue weighted by molar-refractivity contribution is 0.475. The van der Waals surface area contributed by atoms with Crippen molar-refractivity contribution < 1.29 is 25.9 Å². The predicted octanol–water partition coefficient (Wildman–Crippen LogP) is 3.25. The molecule has 0 atom stereocenters. The summed E-state index contributed by atoms with van der Waals surface area (Å²) in [7, 11) is -10.5. The zero-order valence-electron chi connectivity index (χ0n) is 22.8. The first-order chi connectivity index (χ1) is 21.7. The molecule has 0 saturated heterocycles. The Hall–Kier alpha value is -5.12. The Morgan fingerprint density at radius 1 is 0.522 bits per heavy atom. The number of hydrazine groups is 2. The smallest absolute Gasteiger partial charge is 0.368 e. The van der Waals surface area contributed by atoms with Crippen LogP contribution in [0.3, 0.4) is 0 Å². The van der Waals surface area contributed by atoms with Crippen molar-refractivity contribution in [1.82, 2.24) is 29.9 Å². The van der Waals surface area contributed by atoms with Gasteiger partial charge in [-0.1, -0.05) is 48.5 Å². The number of aromatic nitrogens is 6. The van der Waals surface area contributed by atoms with Gasteiger partial charge in [0.05, 0.1) is 22.7 Å². The van der Waals surface area contributed by atoms with E-state index in [9.17, 15) is 25.9 Å². The molecule has 2 aromatic heterocycles. The topological polar surface area (TPSA) is 251 Å². The molecule has 3 aromatic carbocycles. The van der Waals surface area contributed by atoms with Crippen molar-refractivity contribution >= 4 is 90.4 Å². The highest BCUT2D eigenvalue weighted by Gasteiger charge is 2.38. The standard InChI is InChI=1S/C24H20Cl2N12O6S2/c25-19-29-21(27)33-23(31-19)35(37(45(39,40)41)15-9-3-1-4-10-15)17-13-7-8-14-18(17)36(24-32-20(26)30-22(28)34-24)38(46(42,43)44)16-11-5-2-6-12-16/h1-14H,(H,39,40,41)(H,42,43,44)(H2,27,29,31,33)(H2,28,30,32,34). The first kappa shape index (κ1) is 32.3. The Kier molecular flexibility index (Phi) is 8.92. The molecule has 0 aliphatic rings. The SMILES string of the molecule is Nc1nc(Cl)nc(N(c2ccccc2N(c2nc(N)nc(Cl)n2)N(c2ccccc2)S(=O)(=O)O)N(c2ccccc2)S(=O)(=O)O)n1. The third-order valence-electron chi connectivity index (χ3n) is 5.70. The van der Waals surface area contributed by atoms with Crippen LogP contribution in [0.4, 0.5) is 46.5 Å². The van der Waals surface area contributed by atoms with Gasteiger partial charge in [0, 0.05) is 0 Å². The maximum absolute atomic E-state index is 13.1. The summed E-state index contributed by atoms with van der Waals surface area (Å²) in [6.07, 6.45) is 0. The van der Waals surface area contributed by atoms with Crippen LogP contribution in [-0.4, -0.2) is 55.8 Å². The van der Waals surface area contributed by atoms with E-state index < -0.39 is 55.0 Å². The fraction of sp³-hybridized carbons (Fsp3) is 0. The molecule has 0 unspecified atom stereocenters. The van der Waals surface area contributed by atoms with Gasteiger partial charge in [-0.2, -0.15) is 46.7 Å². The maximum Gasteiger partial charge on any atom is 0.378 e. The van der Waals surface area contributed by atoms with Gasteiger partial charge in [-0.15, -0.1) is 8.83 Å². The van der Waals surface area contributed by atoms with Crippen LogP contribution in [0, 0.1) is 0 Å². The van der Waals surface area contributed by atoms with E-state index in [4.69, 9.17) is 34.7 Å². The highest BCUT2D eigenvalue weighted by Crippen LogP contribution is 2.42. The Balaban J connectivity index is 1.91. The summed E-state index contributed by atoms with van der Waals surface area (Å²) < 4.78 is 74.4. The Bertz CT molecular complexity index is 1910. The molecule has 6 N–H and O–H groups in total. The number of rotatable bonds is 10. The molecular formula is C24H20Cl2N12O6S2. The van der Waals surface area contributed by atoms with Crippen molar-refractivity contribution in [2.75, 3.05) is 30.3 Å². The minimum absolute atomic E-state index is 0.149. The summed E-state index contributed by atoms with van der Waals surface area (Å²) in [6, 6.07) is 19.8. The molecule has 0 radical (unpaired) electrons. The summed E-state index contributed by atoms with van der Waals surface area (Å²) in [5, 5.41) is 0.559. The van der Waals surface area contributed by atoms with E-state index in [-0.39, 0.29) is 22.7 Å². The number of hydrogen-bond acceptors (Lipinski definition) is 14. The van der Waals surface area contributed by atoms with Crippen LogP contribution in [0.25, 0.3) is 0 Å². The highest BCUT2D eigenvalue weighted by molar-refractivity contribution is 7.87. The maximum atomic E-state index is 13.1. The normalized spacial score (nSPS) is 11.6. The molecule has 238 valence electrons. The van der Waals surface area contributed by atoms with Crippen molar-refractivity contribution in [3.8, 4) is 0 Å². The van der Waals surface area contributed by atoms with E-state index in [0.29, 0.717) is 8.83 Å². The van der Waals surface area contributed by atoms with Crippen LogP contribution < -0.4 is 30.3 Å². The molecule has 0 saturated carbocycles. The summed E-state index contributed by atoms with van der Waals surface area (Å²) >= 11 is 12.2. The molecule has 0 amide bonds. The molecule has 0 aliphatic carbocycles. The van der Waals surface area contributed by atoms with Crippen molar-refractivity contribution in [2.24, 2.45) is 0 Å². The second kappa shape index (κ2) is 12.7. The van der Waals surface area contributed by atoms with Gasteiger partial charge in [-0.3, -0.25) is 9.11 Å². The average Bonchev–Trinajstić information content (AvgIpc) is 2.97. The van der Waals surface area contributed by atoms with Crippen LogP contribution in [0.2, 0.25) is 10.6 Å². The number of nitrogen functional groups attached to an aromatic ring is 2. The molecule has 5 rings (SSSR count). The van der Waals surface area contributed by atoms with E-state index in [1.54, 1.807) is 12.1 Å². The molecule has 0 spiro atoms. The van der Waals surface area contributed by atoms with Crippen molar-refractivity contribution in [2.45, 2.75) is 0 Å². The molecule has 0 fully saturated rings. The predicted molar refractivity (Wildman–Crippen MR) is 170 cm³/mol. The van der Waals surface area contributed by atoms with Crippen molar-refractivity contribution in [1.29, 1.82) is 0 Å². The van der Waals surface area contributed by atoms with E-state index in [1.807, 2.05) is 0 Å². The second-order valence-electron chi connectivity index (χ2n) is 8.75. The van der Waals surface area contributed by atoms with Gasteiger partial charge in [0.2, 0.25) is 22.5 Å².